The summed E-state index contributed by atoms with van der Waals surface area (Å²) >= 11 is 0. The molecule has 0 atom stereocenters. The fraction of sp³-hybridized carbons (Fsp3) is 0.556. The molecular weight excluding hydrogens is 288 g/mol. The van der Waals surface area contributed by atoms with Gasteiger partial charge < -0.3 is 16.0 Å². The molecule has 0 saturated heterocycles. The molecular formula is C18H30N4O. The Morgan fingerprint density at radius 1 is 1.04 bits per heavy atom. The van der Waals surface area contributed by atoms with Gasteiger partial charge in [0.1, 0.15) is 0 Å². The molecule has 0 aliphatic carbocycles. The van der Waals surface area contributed by atoms with Gasteiger partial charge in [-0.25, -0.2) is 0 Å². The van der Waals surface area contributed by atoms with E-state index in [1.54, 1.807) is 0 Å². The van der Waals surface area contributed by atoms with Crippen LogP contribution in [0.1, 0.15) is 38.7 Å². The lowest BCUT2D eigenvalue weighted by molar-refractivity contribution is -0.120. The Balaban J connectivity index is 2.25. The molecule has 0 aliphatic rings. The van der Waals surface area contributed by atoms with Crippen molar-refractivity contribution in [3.63, 3.8) is 0 Å². The van der Waals surface area contributed by atoms with Crippen LogP contribution in [0.25, 0.3) is 0 Å². The van der Waals surface area contributed by atoms with E-state index in [0.717, 1.165) is 44.9 Å². The van der Waals surface area contributed by atoms with E-state index in [9.17, 15) is 4.79 Å². The molecule has 5 nitrogen and oxygen atoms in total. The topological polar surface area (TPSA) is 65.5 Å². The zero-order valence-corrected chi connectivity index (χ0v) is 14.4. The van der Waals surface area contributed by atoms with Crippen molar-refractivity contribution in [3.8, 4) is 0 Å². The lowest BCUT2D eigenvalue weighted by Crippen LogP contribution is -2.39. The first-order valence-corrected chi connectivity index (χ1v) is 8.59. The largest absolute Gasteiger partial charge is 0.357 e. The van der Waals surface area contributed by atoms with Crippen molar-refractivity contribution >= 4 is 11.9 Å². The van der Waals surface area contributed by atoms with Gasteiger partial charge >= 0.3 is 0 Å². The molecule has 5 heteroatoms. The predicted molar refractivity (Wildman–Crippen MR) is 96.7 cm³/mol. The SMILES string of the molecule is CCCNC(=O)CCNC(=NCCCc1ccccc1)NCC. The molecule has 0 bridgehead atoms. The zero-order chi connectivity index (χ0) is 16.8. The van der Waals surface area contributed by atoms with E-state index in [2.05, 4.69) is 45.2 Å². The monoisotopic (exact) mass is 318 g/mol. The second-order valence-electron chi connectivity index (χ2n) is 5.38. The third-order valence-corrected chi connectivity index (χ3v) is 3.30. The molecule has 0 spiro atoms. The number of amides is 1. The second kappa shape index (κ2) is 12.5. The van der Waals surface area contributed by atoms with Gasteiger partial charge in [0, 0.05) is 32.6 Å². The van der Waals surface area contributed by atoms with Crippen LogP contribution in [0.2, 0.25) is 0 Å². The first-order valence-electron chi connectivity index (χ1n) is 8.59. The Kier molecular flexibility index (Phi) is 10.3. The van der Waals surface area contributed by atoms with Gasteiger partial charge in [-0.3, -0.25) is 9.79 Å². The van der Waals surface area contributed by atoms with Gasteiger partial charge in [-0.1, -0.05) is 37.3 Å². The van der Waals surface area contributed by atoms with Crippen molar-refractivity contribution in [2.45, 2.75) is 39.5 Å². The molecule has 128 valence electrons. The van der Waals surface area contributed by atoms with Gasteiger partial charge in [-0.05, 0) is 31.7 Å². The summed E-state index contributed by atoms with van der Waals surface area (Å²) in [6.07, 6.45) is 3.47. The summed E-state index contributed by atoms with van der Waals surface area (Å²) in [6, 6.07) is 10.4. The molecule has 0 unspecified atom stereocenters. The summed E-state index contributed by atoms with van der Waals surface area (Å²) < 4.78 is 0. The number of aryl methyl sites for hydroxylation is 1. The minimum atomic E-state index is 0.0827. The summed E-state index contributed by atoms with van der Waals surface area (Å²) in [5, 5.41) is 9.28. The van der Waals surface area contributed by atoms with E-state index < -0.39 is 0 Å². The lowest BCUT2D eigenvalue weighted by atomic mass is 10.1. The van der Waals surface area contributed by atoms with E-state index in [4.69, 9.17) is 0 Å². The number of nitrogens with one attached hydrogen (secondary N) is 3. The minimum Gasteiger partial charge on any atom is -0.357 e. The molecule has 0 aliphatic heterocycles. The van der Waals surface area contributed by atoms with Gasteiger partial charge in [0.15, 0.2) is 5.96 Å². The van der Waals surface area contributed by atoms with Crippen molar-refractivity contribution in [1.29, 1.82) is 0 Å². The number of rotatable bonds is 10. The molecule has 0 saturated carbocycles. The number of hydrogen-bond acceptors (Lipinski definition) is 2. The summed E-state index contributed by atoms with van der Waals surface area (Å²) in [4.78, 5) is 16.1. The molecule has 3 N–H and O–H groups in total. The highest BCUT2D eigenvalue weighted by atomic mass is 16.1. The molecule has 1 amide bonds. The smallest absolute Gasteiger partial charge is 0.221 e. The number of guanidine groups is 1. The van der Waals surface area contributed by atoms with Gasteiger partial charge in [-0.2, -0.15) is 0 Å². The average Bonchev–Trinajstić information content (AvgIpc) is 2.57. The van der Waals surface area contributed by atoms with Crippen molar-refractivity contribution in [1.82, 2.24) is 16.0 Å². The zero-order valence-electron chi connectivity index (χ0n) is 14.4. The van der Waals surface area contributed by atoms with Crippen molar-refractivity contribution in [2.75, 3.05) is 26.2 Å². The molecule has 1 rings (SSSR count). The van der Waals surface area contributed by atoms with E-state index in [1.165, 1.54) is 5.56 Å². The predicted octanol–water partition coefficient (Wildman–Crippen LogP) is 2.09. The highest BCUT2D eigenvalue weighted by Crippen LogP contribution is 2.02. The van der Waals surface area contributed by atoms with E-state index >= 15 is 0 Å². The molecule has 0 heterocycles. The first kappa shape index (κ1) is 19.0. The normalized spacial score (nSPS) is 11.1. The fourth-order valence-corrected chi connectivity index (χ4v) is 2.11. The van der Waals surface area contributed by atoms with Crippen molar-refractivity contribution in [3.05, 3.63) is 35.9 Å². The van der Waals surface area contributed by atoms with Crippen molar-refractivity contribution in [2.24, 2.45) is 4.99 Å². The Bertz CT molecular complexity index is 459. The molecule has 1 aromatic carbocycles. The van der Waals surface area contributed by atoms with Crippen LogP contribution in [-0.2, 0) is 11.2 Å². The third-order valence-electron chi connectivity index (χ3n) is 3.30. The van der Waals surface area contributed by atoms with Gasteiger partial charge in [-0.15, -0.1) is 0 Å². The van der Waals surface area contributed by atoms with Crippen LogP contribution in [0.15, 0.2) is 35.3 Å². The number of hydrogen-bond donors (Lipinski definition) is 3. The van der Waals surface area contributed by atoms with Crippen LogP contribution in [0.5, 0.6) is 0 Å². The number of nitrogens with zero attached hydrogens (tertiary/aromatic N) is 1. The van der Waals surface area contributed by atoms with Crippen LogP contribution in [0.4, 0.5) is 0 Å². The molecule has 0 fully saturated rings. The van der Waals surface area contributed by atoms with Crippen LogP contribution >= 0.6 is 0 Å². The Hall–Kier alpha value is -2.04. The van der Waals surface area contributed by atoms with Crippen LogP contribution in [0.3, 0.4) is 0 Å². The van der Waals surface area contributed by atoms with E-state index in [0.29, 0.717) is 13.0 Å². The van der Waals surface area contributed by atoms with Gasteiger partial charge in [0.25, 0.3) is 0 Å². The Labute approximate surface area is 140 Å². The summed E-state index contributed by atoms with van der Waals surface area (Å²) in [7, 11) is 0. The number of benzene rings is 1. The quantitative estimate of drug-likeness (QED) is 0.352. The van der Waals surface area contributed by atoms with Crippen molar-refractivity contribution < 1.29 is 4.79 Å². The maximum Gasteiger partial charge on any atom is 0.221 e. The van der Waals surface area contributed by atoms with Crippen LogP contribution in [-0.4, -0.2) is 38.0 Å². The number of carbonyl (C=O) groups excluding carboxylic acids is 1. The summed E-state index contributed by atoms with van der Waals surface area (Å²) in [5.74, 6) is 0.864. The minimum absolute atomic E-state index is 0.0827. The molecule has 0 aromatic heterocycles. The van der Waals surface area contributed by atoms with Gasteiger partial charge in [0.05, 0.1) is 0 Å². The fourth-order valence-electron chi connectivity index (χ4n) is 2.11. The Morgan fingerprint density at radius 2 is 1.83 bits per heavy atom. The second-order valence-corrected chi connectivity index (χ2v) is 5.38. The average molecular weight is 318 g/mol. The highest BCUT2D eigenvalue weighted by molar-refractivity contribution is 5.81. The molecule has 23 heavy (non-hydrogen) atoms. The van der Waals surface area contributed by atoms with E-state index in [1.807, 2.05) is 19.9 Å². The van der Waals surface area contributed by atoms with Crippen LogP contribution < -0.4 is 16.0 Å². The first-order chi connectivity index (χ1) is 11.3. The summed E-state index contributed by atoms with van der Waals surface area (Å²) in [6.45, 7) is 7.00. The van der Waals surface area contributed by atoms with E-state index in [-0.39, 0.29) is 5.91 Å². The maximum absolute atomic E-state index is 11.5. The molecule has 1 aromatic rings. The third kappa shape index (κ3) is 9.55. The highest BCUT2D eigenvalue weighted by Gasteiger charge is 2.01. The van der Waals surface area contributed by atoms with Gasteiger partial charge in [0.2, 0.25) is 5.91 Å². The van der Waals surface area contributed by atoms with Crippen LogP contribution in [0, 0.1) is 0 Å². The lowest BCUT2D eigenvalue weighted by Gasteiger charge is -2.11. The standard InChI is InChI=1S/C18H30N4O/c1-3-13-20-17(23)12-15-22-18(19-4-2)21-14-8-11-16-9-6-5-7-10-16/h5-7,9-10H,3-4,8,11-15H2,1-2H3,(H,20,23)(H2,19,21,22). The molecule has 0 radical (unpaired) electrons. The summed E-state index contributed by atoms with van der Waals surface area (Å²) in [5.41, 5.74) is 1.34. The number of aliphatic imine (C=N–C) groups is 1. The number of carbonyl (C=O) groups is 1. The Morgan fingerprint density at radius 3 is 2.52 bits per heavy atom. The maximum atomic E-state index is 11.5.